The molecule has 1 amide bonds. The van der Waals surface area contributed by atoms with Gasteiger partial charge in [0.25, 0.3) is 11.8 Å². The Bertz CT molecular complexity index is 690. The highest BCUT2D eigenvalue weighted by molar-refractivity contribution is 5.94. The molecule has 6 nitrogen and oxygen atoms in total. The summed E-state index contributed by atoms with van der Waals surface area (Å²) in [5, 5.41) is 3.80. The molecule has 0 aliphatic heterocycles. The first kappa shape index (κ1) is 20.1. The van der Waals surface area contributed by atoms with Crippen molar-refractivity contribution < 1.29 is 9.32 Å². The molecule has 6 heteroatoms. The lowest BCUT2D eigenvalue weighted by Crippen LogP contribution is -2.40. The number of carbonyl (C=O) groups excluding carboxylic acids is 1. The molecule has 2 aromatic rings. The van der Waals surface area contributed by atoms with E-state index >= 15 is 0 Å². The summed E-state index contributed by atoms with van der Waals surface area (Å²) < 4.78 is 5.18. The lowest BCUT2D eigenvalue weighted by molar-refractivity contribution is 0.0716. The quantitative estimate of drug-likeness (QED) is 0.687. The van der Waals surface area contributed by atoms with Gasteiger partial charge in [-0.3, -0.25) is 4.79 Å². The molecule has 0 aliphatic rings. The molecule has 0 N–H and O–H groups in total. The van der Waals surface area contributed by atoms with Gasteiger partial charge in [-0.05, 0) is 50.2 Å². The van der Waals surface area contributed by atoms with Crippen LogP contribution in [0.15, 0.2) is 28.8 Å². The lowest BCUT2D eigenvalue weighted by Gasteiger charge is -2.28. The fourth-order valence-corrected chi connectivity index (χ4v) is 2.87. The van der Waals surface area contributed by atoms with Crippen LogP contribution in [-0.4, -0.2) is 58.6 Å². The highest BCUT2D eigenvalue weighted by Crippen LogP contribution is 2.18. The van der Waals surface area contributed by atoms with Gasteiger partial charge in [0.15, 0.2) is 5.82 Å². The Labute approximate surface area is 156 Å². The summed E-state index contributed by atoms with van der Waals surface area (Å²) in [6.07, 6.45) is 0. The van der Waals surface area contributed by atoms with Crippen molar-refractivity contribution in [3.63, 3.8) is 0 Å². The predicted octanol–water partition coefficient (Wildman–Crippen LogP) is 3.49. The summed E-state index contributed by atoms with van der Waals surface area (Å²) in [4.78, 5) is 21.5. The number of benzene rings is 1. The fraction of sp³-hybridized carbons (Fsp3) is 0.550. The molecule has 0 bridgehead atoms. The molecular weight excluding hydrogens is 328 g/mol. The molecule has 0 spiro atoms. The first-order valence-electron chi connectivity index (χ1n) is 9.36. The largest absolute Gasteiger partial charge is 0.337 e. The van der Waals surface area contributed by atoms with Crippen LogP contribution in [0.2, 0.25) is 0 Å². The molecule has 0 radical (unpaired) electrons. The fourth-order valence-electron chi connectivity index (χ4n) is 2.87. The molecular formula is C20H30N4O2. The third kappa shape index (κ3) is 5.39. The predicted molar refractivity (Wildman–Crippen MR) is 103 cm³/mol. The minimum Gasteiger partial charge on any atom is -0.337 e. The standard InChI is InChI=1S/C20H30N4O2/c1-6-23(7-2)12-13-24(14-15(3)4)20(25)18-10-8-17(9-11-18)19-21-16(5)22-26-19/h8-11,15H,6-7,12-14H2,1-5H3. The van der Waals surface area contributed by atoms with Crippen LogP contribution in [0.5, 0.6) is 0 Å². The van der Waals surface area contributed by atoms with Gasteiger partial charge >= 0.3 is 0 Å². The van der Waals surface area contributed by atoms with E-state index < -0.39 is 0 Å². The maximum atomic E-state index is 13.0. The number of carbonyl (C=O) groups is 1. The minimum absolute atomic E-state index is 0.0686. The maximum absolute atomic E-state index is 13.0. The normalized spacial score (nSPS) is 11.3. The maximum Gasteiger partial charge on any atom is 0.257 e. The van der Waals surface area contributed by atoms with Crippen LogP contribution in [0.3, 0.4) is 0 Å². The van der Waals surface area contributed by atoms with Crippen molar-refractivity contribution in [1.82, 2.24) is 19.9 Å². The van der Waals surface area contributed by atoms with E-state index in [2.05, 4.69) is 42.7 Å². The molecule has 2 rings (SSSR count). The third-order valence-electron chi connectivity index (χ3n) is 4.36. The highest BCUT2D eigenvalue weighted by Gasteiger charge is 2.18. The second-order valence-corrected chi connectivity index (χ2v) is 6.90. The van der Waals surface area contributed by atoms with E-state index in [4.69, 9.17) is 4.52 Å². The molecule has 1 aromatic carbocycles. The Balaban J connectivity index is 2.11. The zero-order valence-corrected chi connectivity index (χ0v) is 16.5. The summed E-state index contributed by atoms with van der Waals surface area (Å²) in [6, 6.07) is 7.39. The second kappa shape index (κ2) is 9.48. The van der Waals surface area contributed by atoms with E-state index in [-0.39, 0.29) is 5.91 Å². The van der Waals surface area contributed by atoms with E-state index in [1.807, 2.05) is 29.2 Å². The number of hydrogen-bond acceptors (Lipinski definition) is 5. The summed E-state index contributed by atoms with van der Waals surface area (Å²) >= 11 is 0. The van der Waals surface area contributed by atoms with Crippen LogP contribution >= 0.6 is 0 Å². The highest BCUT2D eigenvalue weighted by atomic mass is 16.5. The Morgan fingerprint density at radius 2 is 1.77 bits per heavy atom. The number of likely N-dealkylation sites (N-methyl/N-ethyl adjacent to an activating group) is 1. The molecule has 142 valence electrons. The summed E-state index contributed by atoms with van der Waals surface area (Å²) in [6.45, 7) is 14.7. The monoisotopic (exact) mass is 358 g/mol. The van der Waals surface area contributed by atoms with Gasteiger partial charge in [-0.1, -0.05) is 32.9 Å². The van der Waals surface area contributed by atoms with Crippen molar-refractivity contribution in [2.75, 3.05) is 32.7 Å². The number of aromatic nitrogens is 2. The van der Waals surface area contributed by atoms with Gasteiger partial charge in [-0.2, -0.15) is 4.98 Å². The molecule has 0 unspecified atom stereocenters. The third-order valence-corrected chi connectivity index (χ3v) is 4.36. The molecule has 1 aromatic heterocycles. The van der Waals surface area contributed by atoms with Crippen molar-refractivity contribution in [2.24, 2.45) is 5.92 Å². The number of aryl methyl sites for hydroxylation is 1. The molecule has 0 saturated carbocycles. The SMILES string of the molecule is CCN(CC)CCN(CC(C)C)C(=O)c1ccc(-c2nc(C)no2)cc1. The van der Waals surface area contributed by atoms with Crippen molar-refractivity contribution in [2.45, 2.75) is 34.6 Å². The van der Waals surface area contributed by atoms with Crippen LogP contribution in [0.4, 0.5) is 0 Å². The lowest BCUT2D eigenvalue weighted by atomic mass is 10.1. The molecule has 0 saturated heterocycles. The van der Waals surface area contributed by atoms with Crippen LogP contribution in [0.1, 0.15) is 43.9 Å². The summed E-state index contributed by atoms with van der Waals surface area (Å²) in [5.41, 5.74) is 1.51. The molecule has 1 heterocycles. The number of nitrogens with zero attached hydrogens (tertiary/aromatic N) is 4. The second-order valence-electron chi connectivity index (χ2n) is 6.90. The Hall–Kier alpha value is -2.21. The van der Waals surface area contributed by atoms with Gasteiger partial charge in [-0.15, -0.1) is 0 Å². The number of amides is 1. The first-order chi connectivity index (χ1) is 12.4. The van der Waals surface area contributed by atoms with Gasteiger partial charge in [0.2, 0.25) is 0 Å². The van der Waals surface area contributed by atoms with E-state index in [1.165, 1.54) is 0 Å². The van der Waals surface area contributed by atoms with Crippen LogP contribution in [0, 0.1) is 12.8 Å². The van der Waals surface area contributed by atoms with E-state index in [9.17, 15) is 4.79 Å². The van der Waals surface area contributed by atoms with Crippen molar-refractivity contribution >= 4 is 5.91 Å². The van der Waals surface area contributed by atoms with E-state index in [0.717, 1.165) is 38.3 Å². The molecule has 0 fully saturated rings. The van der Waals surface area contributed by atoms with Crippen molar-refractivity contribution in [1.29, 1.82) is 0 Å². The zero-order valence-electron chi connectivity index (χ0n) is 16.5. The van der Waals surface area contributed by atoms with Crippen molar-refractivity contribution in [3.8, 4) is 11.5 Å². The Morgan fingerprint density at radius 3 is 2.27 bits per heavy atom. The Morgan fingerprint density at radius 1 is 1.12 bits per heavy atom. The van der Waals surface area contributed by atoms with Crippen LogP contribution in [0.25, 0.3) is 11.5 Å². The van der Waals surface area contributed by atoms with Crippen LogP contribution in [-0.2, 0) is 0 Å². The number of hydrogen-bond donors (Lipinski definition) is 0. The average Bonchev–Trinajstić information content (AvgIpc) is 3.07. The summed E-state index contributed by atoms with van der Waals surface area (Å²) in [5.74, 6) is 1.57. The zero-order chi connectivity index (χ0) is 19.1. The van der Waals surface area contributed by atoms with Gasteiger partial charge in [0.1, 0.15) is 0 Å². The van der Waals surface area contributed by atoms with Gasteiger partial charge in [-0.25, -0.2) is 0 Å². The molecule has 0 atom stereocenters. The first-order valence-corrected chi connectivity index (χ1v) is 9.36. The topological polar surface area (TPSA) is 62.5 Å². The summed E-state index contributed by atoms with van der Waals surface area (Å²) in [7, 11) is 0. The average molecular weight is 358 g/mol. The van der Waals surface area contributed by atoms with E-state index in [0.29, 0.717) is 23.2 Å². The van der Waals surface area contributed by atoms with Gasteiger partial charge in [0.05, 0.1) is 0 Å². The van der Waals surface area contributed by atoms with Crippen molar-refractivity contribution in [3.05, 3.63) is 35.7 Å². The Kier molecular flexibility index (Phi) is 7.33. The minimum atomic E-state index is 0.0686. The smallest absolute Gasteiger partial charge is 0.257 e. The number of rotatable bonds is 9. The van der Waals surface area contributed by atoms with Gasteiger partial charge in [0, 0.05) is 30.8 Å². The molecule has 0 aliphatic carbocycles. The van der Waals surface area contributed by atoms with Gasteiger partial charge < -0.3 is 14.3 Å². The molecule has 26 heavy (non-hydrogen) atoms. The van der Waals surface area contributed by atoms with E-state index in [1.54, 1.807) is 6.92 Å². The van der Waals surface area contributed by atoms with Crippen LogP contribution < -0.4 is 0 Å².